The minimum absolute atomic E-state index is 0.113. The quantitative estimate of drug-likeness (QED) is 0.779. The molecule has 1 aromatic rings. The molecule has 108 valence electrons. The number of benzene rings is 1. The summed E-state index contributed by atoms with van der Waals surface area (Å²) in [5.74, 6) is 0.784. The summed E-state index contributed by atoms with van der Waals surface area (Å²) in [5, 5.41) is 0. The van der Waals surface area contributed by atoms with Crippen molar-refractivity contribution in [3.05, 3.63) is 29.8 Å². The van der Waals surface area contributed by atoms with E-state index in [1.165, 1.54) is 30.4 Å². The maximum Gasteiger partial charge on any atom is 0.127 e. The van der Waals surface area contributed by atoms with Crippen molar-refractivity contribution in [3.63, 3.8) is 0 Å². The van der Waals surface area contributed by atoms with E-state index in [0.29, 0.717) is 6.04 Å². The van der Waals surface area contributed by atoms with Crippen molar-refractivity contribution >= 4 is 12.0 Å². The second-order valence-electron chi connectivity index (χ2n) is 6.97. The van der Waals surface area contributed by atoms with Crippen molar-refractivity contribution in [2.45, 2.75) is 52.0 Å². The third-order valence-corrected chi connectivity index (χ3v) is 5.35. The van der Waals surface area contributed by atoms with Gasteiger partial charge < -0.3 is 9.69 Å². The van der Waals surface area contributed by atoms with E-state index < -0.39 is 0 Å². The van der Waals surface area contributed by atoms with Crippen molar-refractivity contribution in [1.82, 2.24) is 0 Å². The lowest BCUT2D eigenvalue weighted by atomic mass is 9.71. The van der Waals surface area contributed by atoms with E-state index >= 15 is 0 Å². The van der Waals surface area contributed by atoms with Gasteiger partial charge in [0.15, 0.2) is 0 Å². The number of carbonyl (C=O) groups is 1. The zero-order valence-electron chi connectivity index (χ0n) is 12.6. The largest absolute Gasteiger partial charge is 0.367 e. The number of aldehydes is 1. The van der Waals surface area contributed by atoms with E-state index in [1.54, 1.807) is 0 Å². The van der Waals surface area contributed by atoms with Crippen LogP contribution in [-0.2, 0) is 11.2 Å². The monoisotopic (exact) mass is 271 g/mol. The van der Waals surface area contributed by atoms with Crippen LogP contribution in [0.25, 0.3) is 0 Å². The molecular formula is C18H25NO. The topological polar surface area (TPSA) is 20.3 Å². The van der Waals surface area contributed by atoms with Crippen LogP contribution >= 0.6 is 0 Å². The molecule has 0 N–H and O–H groups in total. The third-order valence-electron chi connectivity index (χ3n) is 5.35. The standard InChI is InChI=1S/C18H25NO/c1-14-7-9-18(13-20,10-8-14)12-19-15(2)11-16-5-3-4-6-17(16)19/h3-6,13-15H,7-12H2,1-2H3. The molecule has 2 aliphatic rings. The first kappa shape index (κ1) is 13.7. The highest BCUT2D eigenvalue weighted by Gasteiger charge is 2.38. The number of fused-ring (bicyclic) bond motifs is 1. The Hall–Kier alpha value is -1.31. The molecule has 0 radical (unpaired) electrons. The lowest BCUT2D eigenvalue weighted by molar-refractivity contribution is -0.117. The first-order valence-corrected chi connectivity index (χ1v) is 7.94. The second kappa shape index (κ2) is 5.23. The Morgan fingerprint density at radius 3 is 2.65 bits per heavy atom. The van der Waals surface area contributed by atoms with Gasteiger partial charge in [0.1, 0.15) is 6.29 Å². The molecule has 1 saturated carbocycles. The van der Waals surface area contributed by atoms with Gasteiger partial charge in [0.25, 0.3) is 0 Å². The van der Waals surface area contributed by atoms with E-state index in [2.05, 4.69) is 43.0 Å². The molecule has 0 spiro atoms. The van der Waals surface area contributed by atoms with Gasteiger partial charge in [-0.15, -0.1) is 0 Å². The molecule has 1 heterocycles. The van der Waals surface area contributed by atoms with Crippen molar-refractivity contribution in [3.8, 4) is 0 Å². The zero-order valence-corrected chi connectivity index (χ0v) is 12.6. The summed E-state index contributed by atoms with van der Waals surface area (Å²) in [6.45, 7) is 5.49. The van der Waals surface area contributed by atoms with Crippen LogP contribution in [0, 0.1) is 11.3 Å². The summed E-state index contributed by atoms with van der Waals surface area (Å²) in [6.07, 6.45) is 6.88. The van der Waals surface area contributed by atoms with E-state index in [4.69, 9.17) is 0 Å². The van der Waals surface area contributed by atoms with Crippen LogP contribution in [0.5, 0.6) is 0 Å². The maximum absolute atomic E-state index is 11.8. The number of rotatable bonds is 3. The normalized spacial score (nSPS) is 33.0. The fourth-order valence-corrected chi connectivity index (χ4v) is 3.86. The number of hydrogen-bond acceptors (Lipinski definition) is 2. The lowest BCUT2D eigenvalue weighted by Crippen LogP contribution is -2.43. The summed E-state index contributed by atoms with van der Waals surface area (Å²) in [4.78, 5) is 14.2. The minimum atomic E-state index is -0.113. The Morgan fingerprint density at radius 2 is 1.95 bits per heavy atom. The Morgan fingerprint density at radius 1 is 1.25 bits per heavy atom. The van der Waals surface area contributed by atoms with Gasteiger partial charge in [0.2, 0.25) is 0 Å². The Bertz CT molecular complexity index is 488. The summed E-state index contributed by atoms with van der Waals surface area (Å²) < 4.78 is 0. The molecule has 1 unspecified atom stereocenters. The fraction of sp³-hybridized carbons (Fsp3) is 0.611. The SMILES string of the molecule is CC1CCC(C=O)(CN2c3ccccc3CC2C)CC1. The third kappa shape index (κ3) is 2.36. The van der Waals surface area contributed by atoms with E-state index in [1.807, 2.05) is 0 Å². The molecule has 0 amide bonds. The molecule has 20 heavy (non-hydrogen) atoms. The number of hydrogen-bond donors (Lipinski definition) is 0. The van der Waals surface area contributed by atoms with Gasteiger partial charge >= 0.3 is 0 Å². The van der Waals surface area contributed by atoms with Gasteiger partial charge in [0, 0.05) is 23.7 Å². The molecule has 1 aliphatic carbocycles. The first-order chi connectivity index (χ1) is 9.63. The Kier molecular flexibility index (Phi) is 3.57. The molecule has 3 rings (SSSR count). The van der Waals surface area contributed by atoms with Gasteiger partial charge in [-0.05, 0) is 56.6 Å². The molecule has 1 aliphatic heterocycles. The maximum atomic E-state index is 11.8. The molecule has 1 aromatic carbocycles. The van der Waals surface area contributed by atoms with Crippen LogP contribution in [0.4, 0.5) is 5.69 Å². The molecule has 1 atom stereocenters. The Labute approximate surface area is 122 Å². The summed E-state index contributed by atoms with van der Waals surface area (Å²) in [5.41, 5.74) is 2.67. The molecule has 0 bridgehead atoms. The predicted molar refractivity (Wildman–Crippen MR) is 83.1 cm³/mol. The van der Waals surface area contributed by atoms with Crippen LogP contribution in [0.1, 0.15) is 45.1 Å². The number of anilines is 1. The van der Waals surface area contributed by atoms with Crippen molar-refractivity contribution in [2.75, 3.05) is 11.4 Å². The van der Waals surface area contributed by atoms with Crippen LogP contribution < -0.4 is 4.90 Å². The van der Waals surface area contributed by atoms with Gasteiger partial charge in [-0.3, -0.25) is 0 Å². The average molecular weight is 271 g/mol. The van der Waals surface area contributed by atoms with Crippen molar-refractivity contribution < 1.29 is 4.79 Å². The smallest absolute Gasteiger partial charge is 0.127 e. The summed E-state index contributed by atoms with van der Waals surface area (Å²) in [6, 6.07) is 9.18. The molecule has 1 fully saturated rings. The fourth-order valence-electron chi connectivity index (χ4n) is 3.86. The van der Waals surface area contributed by atoms with Crippen LogP contribution in [-0.4, -0.2) is 18.9 Å². The van der Waals surface area contributed by atoms with E-state index in [9.17, 15) is 4.79 Å². The van der Waals surface area contributed by atoms with E-state index in [-0.39, 0.29) is 5.41 Å². The molecule has 0 saturated heterocycles. The van der Waals surface area contributed by atoms with Crippen LogP contribution in [0.15, 0.2) is 24.3 Å². The highest BCUT2D eigenvalue weighted by atomic mass is 16.1. The summed E-state index contributed by atoms with van der Waals surface area (Å²) >= 11 is 0. The first-order valence-electron chi connectivity index (χ1n) is 7.94. The molecule has 2 nitrogen and oxygen atoms in total. The summed E-state index contributed by atoms with van der Waals surface area (Å²) in [7, 11) is 0. The van der Waals surface area contributed by atoms with Crippen LogP contribution in [0.2, 0.25) is 0 Å². The predicted octanol–water partition coefficient (Wildman–Crippen LogP) is 3.83. The van der Waals surface area contributed by atoms with Gasteiger partial charge in [-0.1, -0.05) is 25.1 Å². The second-order valence-corrected chi connectivity index (χ2v) is 6.97. The zero-order chi connectivity index (χ0) is 14.2. The highest BCUT2D eigenvalue weighted by Crippen LogP contribution is 2.41. The van der Waals surface area contributed by atoms with E-state index in [0.717, 1.165) is 31.7 Å². The average Bonchev–Trinajstić information content (AvgIpc) is 2.78. The molecular weight excluding hydrogens is 246 g/mol. The van der Waals surface area contributed by atoms with Crippen LogP contribution in [0.3, 0.4) is 0 Å². The number of para-hydroxylation sites is 1. The lowest BCUT2D eigenvalue weighted by Gasteiger charge is -2.40. The number of nitrogens with zero attached hydrogens (tertiary/aromatic N) is 1. The molecule has 0 aromatic heterocycles. The minimum Gasteiger partial charge on any atom is -0.367 e. The highest BCUT2D eigenvalue weighted by molar-refractivity contribution is 5.65. The van der Waals surface area contributed by atoms with Gasteiger partial charge in [0.05, 0.1) is 0 Å². The van der Waals surface area contributed by atoms with Gasteiger partial charge in [-0.25, -0.2) is 0 Å². The van der Waals surface area contributed by atoms with Crippen molar-refractivity contribution in [1.29, 1.82) is 0 Å². The van der Waals surface area contributed by atoms with Gasteiger partial charge in [-0.2, -0.15) is 0 Å². The van der Waals surface area contributed by atoms with Crippen molar-refractivity contribution in [2.24, 2.45) is 11.3 Å². The Balaban J connectivity index is 1.81. The molecule has 2 heteroatoms. The number of carbonyl (C=O) groups excluding carboxylic acids is 1.